The molecule has 0 fully saturated rings. The van der Waals surface area contributed by atoms with Crippen LogP contribution in [0.15, 0.2) is 53.9 Å². The van der Waals surface area contributed by atoms with Crippen LogP contribution in [0.1, 0.15) is 21.6 Å². The first-order chi connectivity index (χ1) is 13.0. The van der Waals surface area contributed by atoms with E-state index in [0.717, 1.165) is 10.6 Å². The summed E-state index contributed by atoms with van der Waals surface area (Å²) in [5.74, 6) is -0.0780. The molecule has 0 saturated carbocycles. The van der Waals surface area contributed by atoms with E-state index < -0.39 is 5.91 Å². The first-order valence-corrected chi connectivity index (χ1v) is 9.18. The molecule has 0 aliphatic carbocycles. The zero-order valence-electron chi connectivity index (χ0n) is 15.0. The third-order valence-electron chi connectivity index (χ3n) is 3.86. The van der Waals surface area contributed by atoms with Crippen molar-refractivity contribution in [1.82, 2.24) is 15.8 Å². The fraction of sp³-hybridized carbons (Fsp3) is 0.150. The van der Waals surface area contributed by atoms with Crippen molar-refractivity contribution in [3.8, 4) is 16.3 Å². The van der Waals surface area contributed by atoms with Crippen LogP contribution < -0.4 is 15.6 Å². The highest BCUT2D eigenvalue weighted by Gasteiger charge is 2.11. The molecule has 1 heterocycles. The number of hydrogen-bond donors (Lipinski definition) is 2. The molecule has 0 atom stereocenters. The number of nitrogens with zero attached hydrogens (tertiary/aromatic N) is 1. The molecule has 2 amide bonds. The van der Waals surface area contributed by atoms with Gasteiger partial charge in [0.2, 0.25) is 5.91 Å². The fourth-order valence-corrected chi connectivity index (χ4v) is 3.19. The number of thiazole rings is 1. The molecule has 7 heteroatoms. The summed E-state index contributed by atoms with van der Waals surface area (Å²) in [5, 5.41) is 2.71. The molecule has 0 aliphatic heterocycles. The van der Waals surface area contributed by atoms with Crippen molar-refractivity contribution in [3.63, 3.8) is 0 Å². The molecule has 0 aliphatic rings. The molecule has 6 nitrogen and oxygen atoms in total. The van der Waals surface area contributed by atoms with Gasteiger partial charge >= 0.3 is 0 Å². The summed E-state index contributed by atoms with van der Waals surface area (Å²) in [7, 11) is 1.55. The lowest BCUT2D eigenvalue weighted by atomic mass is 10.2. The Kier molecular flexibility index (Phi) is 5.83. The van der Waals surface area contributed by atoms with Crippen LogP contribution in [0.4, 0.5) is 0 Å². The van der Waals surface area contributed by atoms with Crippen LogP contribution in [0.25, 0.3) is 10.6 Å². The van der Waals surface area contributed by atoms with E-state index >= 15 is 0 Å². The standard InChI is InChI=1S/C20H19N3O3S/c1-13-3-5-15(6-4-13)20-21-16(12-27-20)11-18(24)22-23-19(25)14-7-9-17(26-2)10-8-14/h3-10,12H,11H2,1-2H3,(H,22,24)(H,23,25). The summed E-state index contributed by atoms with van der Waals surface area (Å²) in [5.41, 5.74) is 8.09. The predicted octanol–water partition coefficient (Wildman–Crippen LogP) is 3.13. The number of hydrogen-bond acceptors (Lipinski definition) is 5. The Balaban J connectivity index is 1.53. The highest BCUT2D eigenvalue weighted by Crippen LogP contribution is 2.24. The van der Waals surface area contributed by atoms with E-state index in [4.69, 9.17) is 4.74 Å². The molecular weight excluding hydrogens is 362 g/mol. The van der Waals surface area contributed by atoms with E-state index in [9.17, 15) is 9.59 Å². The van der Waals surface area contributed by atoms with Crippen LogP contribution in [-0.4, -0.2) is 23.9 Å². The summed E-state index contributed by atoms with van der Waals surface area (Å²) in [4.78, 5) is 28.6. The van der Waals surface area contributed by atoms with Crippen LogP contribution in [0.5, 0.6) is 5.75 Å². The summed E-state index contributed by atoms with van der Waals surface area (Å²) < 4.78 is 5.05. The van der Waals surface area contributed by atoms with Crippen molar-refractivity contribution in [1.29, 1.82) is 0 Å². The highest BCUT2D eigenvalue weighted by molar-refractivity contribution is 7.13. The number of hydrazine groups is 1. The average Bonchev–Trinajstić information content (AvgIpc) is 3.15. The third kappa shape index (κ3) is 4.92. The zero-order chi connectivity index (χ0) is 19.2. The molecule has 0 bridgehead atoms. The van der Waals surface area contributed by atoms with Gasteiger partial charge in [0.25, 0.3) is 5.91 Å². The van der Waals surface area contributed by atoms with E-state index in [2.05, 4.69) is 15.8 Å². The summed E-state index contributed by atoms with van der Waals surface area (Å²) >= 11 is 1.48. The number of benzene rings is 2. The van der Waals surface area contributed by atoms with E-state index in [1.54, 1.807) is 31.4 Å². The molecule has 138 valence electrons. The minimum absolute atomic E-state index is 0.0885. The molecule has 0 spiro atoms. The topological polar surface area (TPSA) is 80.3 Å². The number of methoxy groups -OCH3 is 1. The van der Waals surface area contributed by atoms with Crippen LogP contribution in [-0.2, 0) is 11.2 Å². The summed E-state index contributed by atoms with van der Waals surface area (Å²) in [6, 6.07) is 14.7. The molecule has 3 aromatic rings. The Morgan fingerprint density at radius 3 is 2.41 bits per heavy atom. The van der Waals surface area contributed by atoms with E-state index in [0.29, 0.717) is 17.0 Å². The summed E-state index contributed by atoms with van der Waals surface area (Å²) in [6.07, 6.45) is 0.0885. The largest absolute Gasteiger partial charge is 0.497 e. The number of amides is 2. The maximum absolute atomic E-state index is 12.1. The molecular formula is C20H19N3O3S. The fourth-order valence-electron chi connectivity index (χ4n) is 2.37. The lowest BCUT2D eigenvalue weighted by Crippen LogP contribution is -2.42. The van der Waals surface area contributed by atoms with Crippen LogP contribution in [0.3, 0.4) is 0 Å². The van der Waals surface area contributed by atoms with Crippen molar-refractivity contribution in [2.45, 2.75) is 13.3 Å². The van der Waals surface area contributed by atoms with Gasteiger partial charge in [-0.05, 0) is 31.2 Å². The molecule has 2 aromatic carbocycles. The molecule has 0 unspecified atom stereocenters. The van der Waals surface area contributed by atoms with E-state index in [-0.39, 0.29) is 12.3 Å². The highest BCUT2D eigenvalue weighted by atomic mass is 32.1. The Morgan fingerprint density at radius 1 is 1.04 bits per heavy atom. The van der Waals surface area contributed by atoms with Crippen molar-refractivity contribution < 1.29 is 14.3 Å². The molecule has 1 aromatic heterocycles. The van der Waals surface area contributed by atoms with Gasteiger partial charge in [-0.25, -0.2) is 4.98 Å². The average molecular weight is 381 g/mol. The van der Waals surface area contributed by atoms with Crippen LogP contribution in [0.2, 0.25) is 0 Å². The number of nitrogens with one attached hydrogen (secondary N) is 2. The van der Waals surface area contributed by atoms with Gasteiger partial charge in [-0.1, -0.05) is 29.8 Å². The second-order valence-electron chi connectivity index (χ2n) is 5.92. The van der Waals surface area contributed by atoms with Crippen molar-refractivity contribution in [2.75, 3.05) is 7.11 Å². The van der Waals surface area contributed by atoms with Crippen LogP contribution >= 0.6 is 11.3 Å². The van der Waals surface area contributed by atoms with Gasteiger partial charge in [0.15, 0.2) is 0 Å². The van der Waals surface area contributed by atoms with Gasteiger partial charge < -0.3 is 4.74 Å². The van der Waals surface area contributed by atoms with Gasteiger partial charge in [0, 0.05) is 16.5 Å². The normalized spacial score (nSPS) is 10.3. The number of ether oxygens (including phenoxy) is 1. The number of aryl methyl sites for hydroxylation is 1. The van der Waals surface area contributed by atoms with Gasteiger partial charge in [0.1, 0.15) is 10.8 Å². The minimum atomic E-state index is -0.398. The lowest BCUT2D eigenvalue weighted by Gasteiger charge is -2.07. The second kappa shape index (κ2) is 8.46. The Labute approximate surface area is 161 Å². The van der Waals surface area contributed by atoms with Gasteiger partial charge in [0.05, 0.1) is 19.2 Å². The maximum Gasteiger partial charge on any atom is 0.269 e. The first-order valence-electron chi connectivity index (χ1n) is 8.30. The molecule has 2 N–H and O–H groups in total. The second-order valence-corrected chi connectivity index (χ2v) is 6.78. The molecule has 0 saturated heterocycles. The number of rotatable bonds is 5. The minimum Gasteiger partial charge on any atom is -0.497 e. The third-order valence-corrected chi connectivity index (χ3v) is 4.80. The maximum atomic E-state index is 12.1. The number of carbonyl (C=O) groups is 2. The van der Waals surface area contributed by atoms with E-state index in [1.807, 2.05) is 36.6 Å². The first kappa shape index (κ1) is 18.6. The summed E-state index contributed by atoms with van der Waals surface area (Å²) in [6.45, 7) is 2.03. The van der Waals surface area contributed by atoms with E-state index in [1.165, 1.54) is 16.9 Å². The van der Waals surface area contributed by atoms with Crippen molar-refractivity contribution in [3.05, 3.63) is 70.7 Å². The number of carbonyl (C=O) groups excluding carboxylic acids is 2. The quantitative estimate of drug-likeness (QED) is 0.666. The lowest BCUT2D eigenvalue weighted by molar-refractivity contribution is -0.121. The SMILES string of the molecule is COc1ccc(C(=O)NNC(=O)Cc2csc(-c3ccc(C)cc3)n2)cc1. The van der Waals surface area contributed by atoms with Gasteiger partial charge in [-0.15, -0.1) is 11.3 Å². The Hall–Kier alpha value is -3.19. The Morgan fingerprint density at radius 2 is 1.74 bits per heavy atom. The number of aromatic nitrogens is 1. The van der Waals surface area contributed by atoms with Crippen molar-refractivity contribution in [2.24, 2.45) is 0 Å². The van der Waals surface area contributed by atoms with Crippen LogP contribution in [0, 0.1) is 6.92 Å². The Bertz CT molecular complexity index is 934. The smallest absolute Gasteiger partial charge is 0.269 e. The molecule has 3 rings (SSSR count). The van der Waals surface area contributed by atoms with Gasteiger partial charge in [-0.2, -0.15) is 0 Å². The van der Waals surface area contributed by atoms with Crippen molar-refractivity contribution >= 4 is 23.2 Å². The monoisotopic (exact) mass is 381 g/mol. The molecule has 27 heavy (non-hydrogen) atoms. The zero-order valence-corrected chi connectivity index (χ0v) is 15.8. The molecule has 0 radical (unpaired) electrons. The predicted molar refractivity (Wildman–Crippen MR) is 105 cm³/mol. The van der Waals surface area contributed by atoms with Gasteiger partial charge in [-0.3, -0.25) is 20.4 Å².